The van der Waals surface area contributed by atoms with Gasteiger partial charge < -0.3 is 5.11 Å². The van der Waals surface area contributed by atoms with Crippen molar-refractivity contribution in [3.63, 3.8) is 0 Å². The Kier molecular flexibility index (Phi) is 4.87. The van der Waals surface area contributed by atoms with Crippen molar-refractivity contribution >= 4 is 0 Å². The predicted octanol–water partition coefficient (Wildman–Crippen LogP) is 3.33. The van der Waals surface area contributed by atoms with Crippen LogP contribution in [0.5, 0.6) is 0 Å². The predicted molar refractivity (Wildman–Crippen MR) is 72.1 cm³/mol. The molecule has 17 heavy (non-hydrogen) atoms. The van der Waals surface area contributed by atoms with E-state index in [0.717, 1.165) is 18.5 Å². The summed E-state index contributed by atoms with van der Waals surface area (Å²) >= 11 is 0. The van der Waals surface area contributed by atoms with Gasteiger partial charge in [-0.15, -0.1) is 0 Å². The second kappa shape index (κ2) is 6.19. The number of unbranched alkanes of at least 4 members (excludes halogenated alkanes) is 1. The third-order valence-corrected chi connectivity index (χ3v) is 4.77. The number of nitrogens with zero attached hydrogens (tertiary/aromatic N) is 1. The van der Waals surface area contributed by atoms with E-state index in [9.17, 15) is 5.11 Å². The Balaban J connectivity index is 2.01. The van der Waals surface area contributed by atoms with E-state index in [-0.39, 0.29) is 6.10 Å². The highest BCUT2D eigenvalue weighted by Gasteiger charge is 2.43. The average molecular weight is 239 g/mol. The fourth-order valence-corrected chi connectivity index (χ4v) is 3.96. The molecule has 0 aromatic carbocycles. The molecule has 0 aromatic rings. The molecule has 0 radical (unpaired) electrons. The van der Waals surface area contributed by atoms with Crippen LogP contribution in [0, 0.1) is 0 Å². The number of hydrogen-bond donors (Lipinski definition) is 1. The van der Waals surface area contributed by atoms with E-state index in [4.69, 9.17) is 0 Å². The molecule has 2 fully saturated rings. The quantitative estimate of drug-likeness (QED) is 0.795. The van der Waals surface area contributed by atoms with Crippen LogP contribution in [-0.2, 0) is 0 Å². The van der Waals surface area contributed by atoms with Gasteiger partial charge in [0.05, 0.1) is 6.10 Å². The van der Waals surface area contributed by atoms with Crippen molar-refractivity contribution in [2.75, 3.05) is 0 Å². The van der Waals surface area contributed by atoms with Gasteiger partial charge in [-0.25, -0.2) is 0 Å². The van der Waals surface area contributed by atoms with E-state index in [0.29, 0.717) is 6.04 Å². The van der Waals surface area contributed by atoms with Crippen LogP contribution in [0.2, 0.25) is 0 Å². The molecule has 2 nitrogen and oxygen atoms in total. The van der Waals surface area contributed by atoms with E-state index < -0.39 is 0 Å². The number of rotatable bonds is 5. The van der Waals surface area contributed by atoms with Crippen molar-refractivity contribution in [2.45, 2.75) is 95.9 Å². The highest BCUT2D eigenvalue weighted by Crippen LogP contribution is 2.38. The molecule has 0 unspecified atom stereocenters. The molecule has 2 heteroatoms. The van der Waals surface area contributed by atoms with Gasteiger partial charge in [0.2, 0.25) is 0 Å². The van der Waals surface area contributed by atoms with Crippen LogP contribution in [0.25, 0.3) is 0 Å². The Morgan fingerprint density at radius 2 is 1.65 bits per heavy atom. The van der Waals surface area contributed by atoms with Crippen molar-refractivity contribution < 1.29 is 5.11 Å². The summed E-state index contributed by atoms with van der Waals surface area (Å²) in [6.07, 6.45) is 11.4. The lowest BCUT2D eigenvalue weighted by Gasteiger charge is -2.44. The second-order valence-corrected chi connectivity index (χ2v) is 5.98. The lowest BCUT2D eigenvalue weighted by Crippen LogP contribution is -2.52. The number of piperidine rings is 1. The number of aliphatic hydroxyl groups excluding tert-OH is 1. The molecule has 1 N–H and O–H groups in total. The molecule has 0 bridgehead atoms. The molecule has 2 aliphatic heterocycles. The molecule has 0 saturated carbocycles. The number of hydrogen-bond acceptors (Lipinski definition) is 2. The van der Waals surface area contributed by atoms with Crippen molar-refractivity contribution in [1.82, 2.24) is 4.90 Å². The monoisotopic (exact) mass is 239 g/mol. The summed E-state index contributed by atoms with van der Waals surface area (Å²) in [5.41, 5.74) is 0. The number of aliphatic hydroxyl groups is 1. The molecule has 0 aliphatic carbocycles. The first-order chi connectivity index (χ1) is 8.27. The topological polar surface area (TPSA) is 23.5 Å². The molecule has 0 amide bonds. The van der Waals surface area contributed by atoms with Gasteiger partial charge in [-0.2, -0.15) is 0 Å². The maximum absolute atomic E-state index is 10.2. The minimum Gasteiger partial charge on any atom is -0.391 e. The Hall–Kier alpha value is -0.0800. The van der Waals surface area contributed by atoms with Gasteiger partial charge in [0.25, 0.3) is 0 Å². The Morgan fingerprint density at radius 1 is 0.941 bits per heavy atom. The van der Waals surface area contributed by atoms with Crippen molar-refractivity contribution in [3.05, 3.63) is 0 Å². The van der Waals surface area contributed by atoms with Crippen molar-refractivity contribution in [2.24, 2.45) is 0 Å². The van der Waals surface area contributed by atoms with Crippen LogP contribution in [0.4, 0.5) is 0 Å². The highest BCUT2D eigenvalue weighted by molar-refractivity contribution is 4.98. The van der Waals surface area contributed by atoms with Crippen LogP contribution in [0.1, 0.15) is 71.6 Å². The van der Waals surface area contributed by atoms with Gasteiger partial charge in [0, 0.05) is 18.1 Å². The zero-order chi connectivity index (χ0) is 12.3. The Morgan fingerprint density at radius 3 is 2.35 bits per heavy atom. The lowest BCUT2D eigenvalue weighted by atomic mass is 9.91. The lowest BCUT2D eigenvalue weighted by molar-refractivity contribution is -0.0203. The smallest absolute Gasteiger partial charge is 0.0696 e. The Bertz CT molecular complexity index is 231. The highest BCUT2D eigenvalue weighted by atomic mass is 16.3. The normalized spacial score (nSPS) is 38.3. The van der Waals surface area contributed by atoms with Crippen LogP contribution >= 0.6 is 0 Å². The summed E-state index contributed by atoms with van der Waals surface area (Å²) in [6, 6.07) is 2.02. The largest absolute Gasteiger partial charge is 0.391 e. The van der Waals surface area contributed by atoms with Crippen LogP contribution in [0.3, 0.4) is 0 Å². The molecule has 4 atom stereocenters. The second-order valence-electron chi connectivity index (χ2n) is 5.98. The molecule has 2 rings (SSSR count). The summed E-state index contributed by atoms with van der Waals surface area (Å²) in [6.45, 7) is 4.57. The van der Waals surface area contributed by atoms with Crippen LogP contribution in [0.15, 0.2) is 0 Å². The Labute approximate surface area is 106 Å². The van der Waals surface area contributed by atoms with Gasteiger partial charge in [-0.05, 0) is 38.5 Å². The molecule has 0 spiro atoms. The van der Waals surface area contributed by atoms with E-state index in [1.165, 1.54) is 51.4 Å². The molecular formula is C15H29NO. The third kappa shape index (κ3) is 2.85. The van der Waals surface area contributed by atoms with Gasteiger partial charge in [-0.3, -0.25) is 4.90 Å². The first-order valence-electron chi connectivity index (χ1n) is 7.73. The molecule has 0 aromatic heterocycles. The first kappa shape index (κ1) is 13.4. The van der Waals surface area contributed by atoms with Crippen molar-refractivity contribution in [1.29, 1.82) is 0 Å². The molecule has 2 heterocycles. The van der Waals surface area contributed by atoms with Gasteiger partial charge in [-0.1, -0.05) is 33.1 Å². The van der Waals surface area contributed by atoms with Gasteiger partial charge >= 0.3 is 0 Å². The van der Waals surface area contributed by atoms with E-state index in [2.05, 4.69) is 18.7 Å². The summed E-state index contributed by atoms with van der Waals surface area (Å²) < 4.78 is 0. The first-order valence-corrected chi connectivity index (χ1v) is 7.73. The summed E-state index contributed by atoms with van der Waals surface area (Å²) in [4.78, 5) is 2.72. The third-order valence-electron chi connectivity index (χ3n) is 4.77. The fraction of sp³-hybridized carbons (Fsp3) is 1.00. The average Bonchev–Trinajstić information content (AvgIpc) is 2.75. The summed E-state index contributed by atoms with van der Waals surface area (Å²) in [5.74, 6) is 0. The standard InChI is InChI=1S/C15H29NO/c1-3-5-7-13-8-10-14-15(17)11-9-12(6-4-2)16(13)14/h12-15,17H,3-11H2,1-2H3/t12-,13-,14-,15+/m0/s1. The minimum absolute atomic E-state index is 0.0465. The molecular weight excluding hydrogens is 210 g/mol. The molecule has 100 valence electrons. The van der Waals surface area contributed by atoms with Crippen LogP contribution in [-0.4, -0.2) is 34.2 Å². The fourth-order valence-electron chi connectivity index (χ4n) is 3.96. The summed E-state index contributed by atoms with van der Waals surface area (Å²) in [5, 5.41) is 10.2. The molecule has 2 saturated heterocycles. The van der Waals surface area contributed by atoms with Crippen LogP contribution < -0.4 is 0 Å². The summed E-state index contributed by atoms with van der Waals surface area (Å²) in [7, 11) is 0. The van der Waals surface area contributed by atoms with Gasteiger partial charge in [0.1, 0.15) is 0 Å². The zero-order valence-electron chi connectivity index (χ0n) is 11.6. The van der Waals surface area contributed by atoms with E-state index in [1.807, 2.05) is 0 Å². The minimum atomic E-state index is -0.0465. The SMILES string of the molecule is CCCC[C@H]1CC[C@H]2[C@H](O)CC[C@H](CCC)N12. The maximum atomic E-state index is 10.2. The maximum Gasteiger partial charge on any atom is 0.0696 e. The van der Waals surface area contributed by atoms with E-state index >= 15 is 0 Å². The van der Waals surface area contributed by atoms with Gasteiger partial charge in [0.15, 0.2) is 0 Å². The molecule has 2 aliphatic rings. The van der Waals surface area contributed by atoms with E-state index in [1.54, 1.807) is 0 Å². The zero-order valence-corrected chi connectivity index (χ0v) is 11.6. The van der Waals surface area contributed by atoms with Crippen molar-refractivity contribution in [3.8, 4) is 0 Å². The number of fused-ring (bicyclic) bond motifs is 1.